The Bertz CT molecular complexity index is 1290. The molecule has 1 aliphatic carbocycles. The largest absolute Gasteiger partial charge is 0.462 e. The molecule has 0 fully saturated rings. The van der Waals surface area contributed by atoms with Crippen molar-refractivity contribution in [1.29, 1.82) is 5.26 Å². The molecule has 1 aromatic carbocycles. The summed E-state index contributed by atoms with van der Waals surface area (Å²) in [6.45, 7) is 11.0. The van der Waals surface area contributed by atoms with E-state index >= 15 is 0 Å². The van der Waals surface area contributed by atoms with E-state index in [4.69, 9.17) is 4.74 Å². The molecule has 1 N–H and O–H groups in total. The second-order valence-electron chi connectivity index (χ2n) is 9.95. The van der Waals surface area contributed by atoms with Crippen molar-refractivity contribution in [2.45, 2.75) is 53.9 Å². The molecule has 182 valence electrons. The number of nitrogens with one attached hydrogen (secondary N) is 1. The molecule has 5 nitrogen and oxygen atoms in total. The second kappa shape index (κ2) is 10.3. The zero-order valence-corrected chi connectivity index (χ0v) is 22.5. The van der Waals surface area contributed by atoms with E-state index in [1.54, 1.807) is 17.5 Å². The first-order valence-corrected chi connectivity index (χ1v) is 13.6. The number of esters is 1. The lowest BCUT2D eigenvalue weighted by molar-refractivity contribution is 0.0526. The molecule has 0 bridgehead atoms. The van der Waals surface area contributed by atoms with Gasteiger partial charge in [0.05, 0.1) is 17.9 Å². The number of carbonyl (C=O) groups is 1. The molecule has 0 saturated heterocycles. The Balaban J connectivity index is 1.63. The number of aryl methyl sites for hydroxylation is 1. The molecule has 1 aliphatic rings. The summed E-state index contributed by atoms with van der Waals surface area (Å²) in [5.41, 5.74) is 5.42. The zero-order chi connectivity index (χ0) is 25.2. The summed E-state index contributed by atoms with van der Waals surface area (Å²) >= 11 is 3.04. The first-order valence-electron chi connectivity index (χ1n) is 11.9. The predicted molar refractivity (Wildman–Crippen MR) is 145 cm³/mol. The number of hydrogen-bond acceptors (Lipinski definition) is 7. The molecule has 0 radical (unpaired) electrons. The lowest BCUT2D eigenvalue weighted by Gasteiger charge is -2.33. The third-order valence-electron chi connectivity index (χ3n) is 6.52. The quantitative estimate of drug-likeness (QED) is 0.277. The van der Waals surface area contributed by atoms with E-state index in [0.29, 0.717) is 28.7 Å². The predicted octanol–water partition coefficient (Wildman–Crippen LogP) is 7.48. The van der Waals surface area contributed by atoms with Crippen LogP contribution < -0.4 is 5.32 Å². The molecule has 0 aliphatic heterocycles. The fourth-order valence-electron chi connectivity index (χ4n) is 4.38. The van der Waals surface area contributed by atoms with E-state index in [1.807, 2.05) is 24.4 Å². The van der Waals surface area contributed by atoms with Crippen molar-refractivity contribution in [2.24, 2.45) is 11.3 Å². The number of thiophene rings is 1. The van der Waals surface area contributed by atoms with E-state index < -0.39 is 0 Å². The van der Waals surface area contributed by atoms with Crippen molar-refractivity contribution >= 4 is 39.2 Å². The first-order chi connectivity index (χ1) is 16.7. The fourth-order valence-corrected chi connectivity index (χ4v) is 6.46. The standard InChI is InChI=1S/C28H31N3O2S2/c1-6-33-27(32)24-21-12-11-20(28(3,4)5)13-23(21)35-26(24)30-15-19(14-29)25-31-22(16-34-25)18-9-7-17(2)8-10-18/h7-10,15-16,20,30H,6,11-13H2,1-5H3/b19-15-. The van der Waals surface area contributed by atoms with Gasteiger partial charge in [-0.2, -0.15) is 5.26 Å². The molecule has 0 saturated carbocycles. The van der Waals surface area contributed by atoms with Gasteiger partial charge in [-0.15, -0.1) is 22.7 Å². The molecule has 0 amide bonds. The number of fused-ring (bicyclic) bond motifs is 1. The van der Waals surface area contributed by atoms with Crippen LogP contribution >= 0.6 is 22.7 Å². The zero-order valence-electron chi connectivity index (χ0n) is 20.9. The monoisotopic (exact) mass is 505 g/mol. The van der Waals surface area contributed by atoms with Crippen LogP contribution in [0.5, 0.6) is 0 Å². The van der Waals surface area contributed by atoms with Crippen LogP contribution in [0.15, 0.2) is 35.8 Å². The van der Waals surface area contributed by atoms with E-state index in [-0.39, 0.29) is 11.4 Å². The number of allylic oxidation sites excluding steroid dienone is 1. The van der Waals surface area contributed by atoms with Crippen LogP contribution in [0.3, 0.4) is 0 Å². The maximum atomic E-state index is 12.9. The van der Waals surface area contributed by atoms with Gasteiger partial charge in [0, 0.05) is 22.0 Å². The number of nitrogens with zero attached hydrogens (tertiary/aromatic N) is 2. The van der Waals surface area contributed by atoms with Crippen molar-refractivity contribution in [1.82, 2.24) is 4.98 Å². The lowest BCUT2D eigenvalue weighted by Crippen LogP contribution is -2.26. The average molecular weight is 506 g/mol. The third kappa shape index (κ3) is 5.50. The Morgan fingerprint density at radius 3 is 2.71 bits per heavy atom. The molecular formula is C28H31N3O2S2. The molecule has 4 rings (SSSR count). The van der Waals surface area contributed by atoms with Crippen molar-refractivity contribution in [3.8, 4) is 17.3 Å². The average Bonchev–Trinajstić information content (AvgIpc) is 3.44. The first kappa shape index (κ1) is 25.2. The number of nitriles is 1. The van der Waals surface area contributed by atoms with Gasteiger partial charge in [-0.25, -0.2) is 9.78 Å². The van der Waals surface area contributed by atoms with Crippen molar-refractivity contribution < 1.29 is 9.53 Å². The summed E-state index contributed by atoms with van der Waals surface area (Å²) in [6, 6.07) is 10.4. The maximum absolute atomic E-state index is 12.9. The Morgan fingerprint density at radius 1 is 1.31 bits per heavy atom. The Morgan fingerprint density at radius 2 is 2.06 bits per heavy atom. The minimum absolute atomic E-state index is 0.216. The van der Waals surface area contributed by atoms with Gasteiger partial charge in [-0.3, -0.25) is 0 Å². The Kier molecular flexibility index (Phi) is 7.44. The topological polar surface area (TPSA) is 75.0 Å². The van der Waals surface area contributed by atoms with Crippen LogP contribution in [0.1, 0.15) is 65.5 Å². The van der Waals surface area contributed by atoms with Gasteiger partial charge < -0.3 is 10.1 Å². The third-order valence-corrected chi connectivity index (χ3v) is 8.58. The number of benzene rings is 1. The van der Waals surface area contributed by atoms with Gasteiger partial charge in [0.15, 0.2) is 0 Å². The molecule has 2 heterocycles. The van der Waals surface area contributed by atoms with Gasteiger partial charge in [-0.1, -0.05) is 50.6 Å². The normalized spacial score (nSPS) is 15.9. The molecule has 7 heteroatoms. The highest BCUT2D eigenvalue weighted by Gasteiger charge is 2.34. The van der Waals surface area contributed by atoms with Crippen LogP contribution in [0, 0.1) is 29.6 Å². The summed E-state index contributed by atoms with van der Waals surface area (Å²) < 4.78 is 5.40. The summed E-state index contributed by atoms with van der Waals surface area (Å²) in [6.07, 6.45) is 4.54. The van der Waals surface area contributed by atoms with Crippen LogP contribution in [-0.4, -0.2) is 17.6 Å². The molecule has 3 aromatic rings. The van der Waals surface area contributed by atoms with Gasteiger partial charge >= 0.3 is 5.97 Å². The van der Waals surface area contributed by atoms with E-state index in [0.717, 1.165) is 41.1 Å². The highest BCUT2D eigenvalue weighted by atomic mass is 32.1. The molecular weight excluding hydrogens is 474 g/mol. The number of rotatable bonds is 6. The second-order valence-corrected chi connectivity index (χ2v) is 11.9. The highest BCUT2D eigenvalue weighted by molar-refractivity contribution is 7.16. The molecule has 1 atom stereocenters. The number of carbonyl (C=O) groups excluding carboxylic acids is 1. The SMILES string of the molecule is CCOC(=O)c1c(N/C=C(/C#N)c2nc(-c3ccc(C)cc3)cs2)sc2c1CCC(C(C)(C)C)C2. The van der Waals surface area contributed by atoms with Crippen LogP contribution in [0.2, 0.25) is 0 Å². The minimum Gasteiger partial charge on any atom is -0.462 e. The van der Waals surface area contributed by atoms with Crippen LogP contribution in [-0.2, 0) is 17.6 Å². The van der Waals surface area contributed by atoms with Crippen LogP contribution in [0.25, 0.3) is 16.8 Å². The lowest BCUT2D eigenvalue weighted by atomic mass is 9.72. The number of thiazole rings is 1. The van der Waals surface area contributed by atoms with Gasteiger partial charge in [0.1, 0.15) is 21.7 Å². The van der Waals surface area contributed by atoms with Crippen molar-refractivity contribution in [3.63, 3.8) is 0 Å². The smallest absolute Gasteiger partial charge is 0.341 e. The minimum atomic E-state index is -0.301. The number of aromatic nitrogens is 1. The highest BCUT2D eigenvalue weighted by Crippen LogP contribution is 2.44. The number of ether oxygens (including phenoxy) is 1. The van der Waals surface area contributed by atoms with Crippen molar-refractivity contribution in [2.75, 3.05) is 11.9 Å². The maximum Gasteiger partial charge on any atom is 0.341 e. The van der Waals surface area contributed by atoms with E-state index in [2.05, 4.69) is 56.2 Å². The van der Waals surface area contributed by atoms with Crippen LogP contribution in [0.4, 0.5) is 5.00 Å². The fraction of sp³-hybridized carbons (Fsp3) is 0.393. The Hall–Kier alpha value is -2.95. The molecule has 0 spiro atoms. The number of anilines is 1. The summed E-state index contributed by atoms with van der Waals surface area (Å²) in [5, 5.41) is 16.5. The molecule has 2 aromatic heterocycles. The van der Waals surface area contributed by atoms with E-state index in [1.165, 1.54) is 21.8 Å². The van der Waals surface area contributed by atoms with Crippen molar-refractivity contribution in [3.05, 3.63) is 62.4 Å². The molecule has 35 heavy (non-hydrogen) atoms. The Labute approximate surface area is 215 Å². The summed E-state index contributed by atoms with van der Waals surface area (Å²) in [7, 11) is 0. The molecule has 1 unspecified atom stereocenters. The summed E-state index contributed by atoms with van der Waals surface area (Å²) in [5.74, 6) is 0.266. The summed E-state index contributed by atoms with van der Waals surface area (Å²) in [4.78, 5) is 18.8. The van der Waals surface area contributed by atoms with Gasteiger partial charge in [0.2, 0.25) is 0 Å². The number of hydrogen-bond donors (Lipinski definition) is 1. The van der Waals surface area contributed by atoms with E-state index in [9.17, 15) is 10.1 Å². The van der Waals surface area contributed by atoms with Gasteiger partial charge in [-0.05, 0) is 50.0 Å². The van der Waals surface area contributed by atoms with Gasteiger partial charge in [0.25, 0.3) is 0 Å².